The number of primary amides is 1. The minimum absolute atomic E-state index is 0.0398. The van der Waals surface area contributed by atoms with Crippen molar-refractivity contribution in [3.8, 4) is 0 Å². The Morgan fingerprint density at radius 2 is 1.80 bits per heavy atom. The first-order valence-electron chi connectivity index (χ1n) is 16.3. The summed E-state index contributed by atoms with van der Waals surface area (Å²) in [6.07, 6.45) is -1.60. The molecule has 4 rings (SSSR count). The number of nitrogens with one attached hydrogen (secondary N) is 1. The number of carbonyl (C=O) groups is 1. The van der Waals surface area contributed by atoms with Crippen LogP contribution in [-0.4, -0.2) is 51.8 Å². The number of aromatic nitrogens is 2. The normalized spacial score (nSPS) is 20.5. The molecule has 1 amide bonds. The molecule has 0 bridgehead atoms. The van der Waals surface area contributed by atoms with Crippen molar-refractivity contribution < 1.29 is 31.6 Å². The zero-order valence-corrected chi connectivity index (χ0v) is 30.3. The van der Waals surface area contributed by atoms with Gasteiger partial charge in [0.15, 0.2) is 0 Å². The van der Waals surface area contributed by atoms with Gasteiger partial charge in [0.05, 0.1) is 11.0 Å². The largest absolute Gasteiger partial charge is 0.598 e. The topological polar surface area (TPSA) is 105 Å². The summed E-state index contributed by atoms with van der Waals surface area (Å²) < 4.78 is 80.1. The molecule has 260 valence electrons. The number of alkyl halides is 4. The molecule has 46 heavy (non-hydrogen) atoms. The highest BCUT2D eigenvalue weighted by molar-refractivity contribution is 7.90. The van der Waals surface area contributed by atoms with Gasteiger partial charge in [0.1, 0.15) is 23.3 Å². The quantitative estimate of drug-likeness (QED) is 0.0812. The molecule has 2 aliphatic rings. The first kappa shape index (κ1) is 37.2. The summed E-state index contributed by atoms with van der Waals surface area (Å²) in [6.45, 7) is 15.7. The van der Waals surface area contributed by atoms with Crippen LogP contribution in [0.3, 0.4) is 0 Å². The average molecular weight is 689 g/mol. The van der Waals surface area contributed by atoms with Gasteiger partial charge in [0.2, 0.25) is 18.3 Å². The number of imidazole rings is 1. The second-order valence-corrected chi connectivity index (χ2v) is 24.0. The van der Waals surface area contributed by atoms with Crippen molar-refractivity contribution in [3.63, 3.8) is 0 Å². The Bertz CT molecular complexity index is 1370. The molecule has 1 aromatic carbocycles. The van der Waals surface area contributed by atoms with Gasteiger partial charge < -0.3 is 19.6 Å². The number of halogens is 4. The third kappa shape index (κ3) is 9.06. The minimum atomic E-state index is -2.78. The molecule has 4 atom stereocenters. The third-order valence-corrected chi connectivity index (χ3v) is 12.6. The number of nitrogens with two attached hydrogens (primary N) is 1. The lowest BCUT2D eigenvalue weighted by Gasteiger charge is -2.42. The molecule has 2 aliphatic carbocycles. The number of carbonyl (C=O) groups excluding carboxylic acids is 1. The molecule has 7 nitrogen and oxygen atoms in total. The number of ether oxygens (including phenoxy) is 1. The molecule has 1 aromatic heterocycles. The molecule has 0 spiro atoms. The van der Waals surface area contributed by atoms with E-state index in [1.54, 1.807) is 0 Å². The number of amides is 1. The van der Waals surface area contributed by atoms with Crippen LogP contribution in [0, 0.1) is 23.2 Å². The Labute approximate surface area is 275 Å². The maximum Gasteiger partial charge on any atom is 0.248 e. The Kier molecular flexibility index (Phi) is 11.0. The van der Waals surface area contributed by atoms with Crippen LogP contribution in [0.15, 0.2) is 18.2 Å². The number of rotatable bonds is 16. The van der Waals surface area contributed by atoms with Crippen LogP contribution in [0.5, 0.6) is 0 Å². The molecule has 0 radical (unpaired) electrons. The van der Waals surface area contributed by atoms with Gasteiger partial charge in [-0.15, -0.1) is 4.72 Å². The van der Waals surface area contributed by atoms with Gasteiger partial charge in [-0.25, -0.2) is 22.5 Å². The van der Waals surface area contributed by atoms with Crippen LogP contribution in [0.4, 0.5) is 17.6 Å². The fourth-order valence-electron chi connectivity index (χ4n) is 6.30. The van der Waals surface area contributed by atoms with Crippen molar-refractivity contribution in [2.45, 2.75) is 128 Å². The van der Waals surface area contributed by atoms with E-state index in [1.807, 2.05) is 43.5 Å². The van der Waals surface area contributed by atoms with Crippen molar-refractivity contribution in [1.29, 1.82) is 0 Å². The molecular formula is C33H52F4N4O3SSi. The molecule has 3 N–H and O–H groups in total. The lowest BCUT2D eigenvalue weighted by molar-refractivity contribution is -0.146. The highest BCUT2D eigenvalue weighted by Gasteiger charge is 2.54. The Morgan fingerprint density at radius 1 is 1.17 bits per heavy atom. The number of benzene rings is 1. The van der Waals surface area contributed by atoms with E-state index in [9.17, 15) is 26.9 Å². The summed E-state index contributed by atoms with van der Waals surface area (Å²) in [6, 6.07) is 5.76. The van der Waals surface area contributed by atoms with Gasteiger partial charge in [-0.05, 0) is 81.5 Å². The van der Waals surface area contributed by atoms with Crippen molar-refractivity contribution in [3.05, 3.63) is 29.6 Å². The SMILES string of the molecule is CC(C)(C[C@H](N[S+]([O-])C(C)(C)C)c1nc2ccc([C@H](C3CC3)C(C(N)=O)C3CC(F)(F)C3)cc2n1COCC[Si](C)(C)C)C(F)F. The lowest BCUT2D eigenvalue weighted by atomic mass is 9.65. The summed E-state index contributed by atoms with van der Waals surface area (Å²) in [5.41, 5.74) is 6.57. The fourth-order valence-corrected chi connectivity index (χ4v) is 7.86. The molecule has 13 heteroatoms. The number of hydrogen-bond donors (Lipinski definition) is 2. The van der Waals surface area contributed by atoms with Crippen LogP contribution in [0.1, 0.15) is 90.1 Å². The van der Waals surface area contributed by atoms with Crippen LogP contribution >= 0.6 is 0 Å². The van der Waals surface area contributed by atoms with Gasteiger partial charge in [0, 0.05) is 50.2 Å². The summed E-state index contributed by atoms with van der Waals surface area (Å²) >= 11 is -1.59. The highest BCUT2D eigenvalue weighted by atomic mass is 32.2. The predicted octanol–water partition coefficient (Wildman–Crippen LogP) is 7.76. The van der Waals surface area contributed by atoms with E-state index in [0.29, 0.717) is 23.5 Å². The van der Waals surface area contributed by atoms with E-state index in [2.05, 4.69) is 24.4 Å². The van der Waals surface area contributed by atoms with Crippen molar-refractivity contribution in [1.82, 2.24) is 14.3 Å². The zero-order valence-electron chi connectivity index (χ0n) is 28.5. The third-order valence-electron chi connectivity index (χ3n) is 9.32. The first-order chi connectivity index (χ1) is 21.1. The van der Waals surface area contributed by atoms with Gasteiger partial charge in [0.25, 0.3) is 0 Å². The number of hydrogen-bond acceptors (Lipinski definition) is 5. The van der Waals surface area contributed by atoms with E-state index < -0.39 is 65.7 Å². The van der Waals surface area contributed by atoms with E-state index in [-0.39, 0.29) is 37.8 Å². The van der Waals surface area contributed by atoms with Crippen LogP contribution in [0.25, 0.3) is 11.0 Å². The summed E-state index contributed by atoms with van der Waals surface area (Å²) in [7, 11) is -1.41. The molecule has 0 saturated heterocycles. The predicted molar refractivity (Wildman–Crippen MR) is 178 cm³/mol. The number of nitrogens with zero attached hydrogens (tertiary/aromatic N) is 2. The van der Waals surface area contributed by atoms with E-state index >= 15 is 0 Å². The van der Waals surface area contributed by atoms with Gasteiger partial charge >= 0.3 is 0 Å². The van der Waals surface area contributed by atoms with Crippen LogP contribution in [-0.2, 0) is 27.6 Å². The van der Waals surface area contributed by atoms with E-state index in [4.69, 9.17) is 15.5 Å². The minimum Gasteiger partial charge on any atom is -0.598 e. The maximum absolute atomic E-state index is 14.2. The Hall–Kier alpha value is -1.67. The first-order valence-corrected chi connectivity index (χ1v) is 21.2. The molecular weight excluding hydrogens is 637 g/mol. The smallest absolute Gasteiger partial charge is 0.248 e. The zero-order chi connectivity index (χ0) is 34.4. The second-order valence-electron chi connectivity index (χ2n) is 16.4. The molecule has 2 saturated carbocycles. The highest BCUT2D eigenvalue weighted by Crippen LogP contribution is 2.55. The van der Waals surface area contributed by atoms with Crippen molar-refractivity contribution >= 4 is 36.4 Å². The molecule has 1 heterocycles. The average Bonchev–Trinajstić information content (AvgIpc) is 3.66. The van der Waals surface area contributed by atoms with Crippen molar-refractivity contribution in [2.24, 2.45) is 28.9 Å². The van der Waals surface area contributed by atoms with Crippen LogP contribution < -0.4 is 10.5 Å². The fraction of sp³-hybridized carbons (Fsp3) is 0.758. The number of fused-ring (bicyclic) bond motifs is 1. The van der Waals surface area contributed by atoms with Gasteiger partial charge in [-0.1, -0.05) is 39.6 Å². The molecule has 2 unspecified atom stereocenters. The summed E-state index contributed by atoms with van der Waals surface area (Å²) in [5, 5.41) is 0. The standard InChI is InChI=1S/C33H52F4N4O3SSi/c1-31(2,3)45(43)40-24(18-32(4,5)30(34)35)29-39-23-12-11-21(15-25(23)41(29)19-44-13-14-46(6,7)8)26(20-9-10-20)27(28(38)42)22-16-33(36,37)17-22/h11-12,15,20,22,24,26-27,30,40H,9-10,13-14,16-19H2,1-8H3,(H2,38,42)/t24-,26-,27?,45?/m0/s1. The van der Waals surface area contributed by atoms with Crippen molar-refractivity contribution in [2.75, 3.05) is 6.61 Å². The monoisotopic (exact) mass is 688 g/mol. The Balaban J connectivity index is 1.81. The lowest BCUT2D eigenvalue weighted by Crippen LogP contribution is -2.46. The van der Waals surface area contributed by atoms with E-state index in [0.717, 1.165) is 24.4 Å². The molecule has 0 aliphatic heterocycles. The van der Waals surface area contributed by atoms with Gasteiger partial charge in [-0.2, -0.15) is 0 Å². The Morgan fingerprint density at radius 3 is 2.30 bits per heavy atom. The van der Waals surface area contributed by atoms with E-state index in [1.165, 1.54) is 13.8 Å². The molecule has 2 aromatic rings. The van der Waals surface area contributed by atoms with Crippen LogP contribution in [0.2, 0.25) is 25.7 Å². The summed E-state index contributed by atoms with van der Waals surface area (Å²) in [4.78, 5) is 17.7. The van der Waals surface area contributed by atoms with Gasteiger partial charge in [-0.3, -0.25) is 4.79 Å². The molecule has 2 fully saturated rings. The maximum atomic E-state index is 14.2. The summed E-state index contributed by atoms with van der Waals surface area (Å²) in [5.74, 6) is -4.28. The second kappa shape index (κ2) is 13.7.